The minimum atomic E-state index is -0.941. The molecule has 4 nitrogen and oxygen atoms in total. The van der Waals surface area contributed by atoms with Gasteiger partial charge in [0.05, 0.1) is 11.1 Å². The molecule has 116 valence electrons. The van der Waals surface area contributed by atoms with Crippen molar-refractivity contribution in [3.8, 4) is 0 Å². The van der Waals surface area contributed by atoms with Gasteiger partial charge in [-0.3, -0.25) is 4.98 Å². The van der Waals surface area contributed by atoms with Crippen molar-refractivity contribution in [2.75, 3.05) is 0 Å². The van der Waals surface area contributed by atoms with Gasteiger partial charge in [-0.25, -0.2) is 4.79 Å². The first-order valence-electron chi connectivity index (χ1n) is 7.42. The zero-order valence-electron chi connectivity index (χ0n) is 13.1. The van der Waals surface area contributed by atoms with Gasteiger partial charge in [0.2, 0.25) is 0 Å². The third-order valence-electron chi connectivity index (χ3n) is 4.19. The highest BCUT2D eigenvalue weighted by atomic mass is 16.4. The number of nitrogens with one attached hydrogen (secondary N) is 1. The molecule has 2 aromatic rings. The predicted molar refractivity (Wildman–Crippen MR) is 89.6 cm³/mol. The smallest absolute Gasteiger partial charge is 0.337 e. The normalized spacial score (nSPS) is 20.3. The number of benzene rings is 1. The maximum Gasteiger partial charge on any atom is 0.337 e. The Morgan fingerprint density at radius 3 is 2.52 bits per heavy atom. The summed E-state index contributed by atoms with van der Waals surface area (Å²) in [6, 6.07) is 11.7. The Morgan fingerprint density at radius 1 is 1.17 bits per heavy atom. The van der Waals surface area contributed by atoms with Gasteiger partial charge in [-0.15, -0.1) is 0 Å². The van der Waals surface area contributed by atoms with Crippen molar-refractivity contribution in [1.29, 1.82) is 0 Å². The fraction of sp³-hybridized carbons (Fsp3) is 0.158. The van der Waals surface area contributed by atoms with Crippen molar-refractivity contribution in [3.05, 3.63) is 83.3 Å². The summed E-state index contributed by atoms with van der Waals surface area (Å²) in [4.78, 5) is 15.7. The van der Waals surface area contributed by atoms with E-state index >= 15 is 0 Å². The van der Waals surface area contributed by atoms with E-state index < -0.39 is 11.5 Å². The Balaban J connectivity index is 2.16. The van der Waals surface area contributed by atoms with Gasteiger partial charge in [-0.2, -0.15) is 0 Å². The van der Waals surface area contributed by atoms with Crippen LogP contribution in [0, 0.1) is 6.92 Å². The standard InChI is InChI=1S/C19H18N2O2/c1-13-5-3-4-6-15(13)16-11-19(2,14-7-9-20-10-8-14)21-12-17(16)18(22)23/h3-12,21H,1-2H3,(H,22,23). The average Bonchev–Trinajstić information content (AvgIpc) is 2.56. The molecule has 0 fully saturated rings. The van der Waals surface area contributed by atoms with Crippen molar-refractivity contribution >= 4 is 11.5 Å². The molecule has 2 heterocycles. The number of dihydropyridines is 1. The molecule has 1 aromatic heterocycles. The molecule has 4 heteroatoms. The molecule has 0 saturated carbocycles. The van der Waals surface area contributed by atoms with Crippen LogP contribution in [0.4, 0.5) is 0 Å². The third kappa shape index (κ3) is 2.75. The molecule has 1 unspecified atom stereocenters. The molecular formula is C19H18N2O2. The molecule has 2 N–H and O–H groups in total. The van der Waals surface area contributed by atoms with Gasteiger partial charge in [0.1, 0.15) is 0 Å². The molecule has 0 bridgehead atoms. The van der Waals surface area contributed by atoms with Crippen LogP contribution in [0.2, 0.25) is 0 Å². The Hall–Kier alpha value is -2.88. The minimum absolute atomic E-state index is 0.269. The summed E-state index contributed by atoms with van der Waals surface area (Å²) in [5.41, 5.74) is 3.52. The molecule has 0 spiro atoms. The Bertz CT molecular complexity index is 809. The van der Waals surface area contributed by atoms with Gasteiger partial charge in [0, 0.05) is 18.6 Å². The Morgan fingerprint density at radius 2 is 1.87 bits per heavy atom. The number of nitrogens with zero attached hydrogens (tertiary/aromatic N) is 1. The van der Waals surface area contributed by atoms with Gasteiger partial charge in [0.25, 0.3) is 0 Å². The lowest BCUT2D eigenvalue weighted by Gasteiger charge is -2.33. The Kier molecular flexibility index (Phi) is 3.74. The summed E-state index contributed by atoms with van der Waals surface area (Å²) in [7, 11) is 0. The van der Waals surface area contributed by atoms with Crippen molar-refractivity contribution in [1.82, 2.24) is 10.3 Å². The summed E-state index contributed by atoms with van der Waals surface area (Å²) >= 11 is 0. The SMILES string of the molecule is Cc1ccccc1C1=CC(C)(c2ccncc2)NC=C1C(=O)O. The molecule has 23 heavy (non-hydrogen) atoms. The van der Waals surface area contributed by atoms with Crippen molar-refractivity contribution in [2.45, 2.75) is 19.4 Å². The number of aromatic nitrogens is 1. The number of pyridine rings is 1. The number of hydrogen-bond acceptors (Lipinski definition) is 3. The second kappa shape index (κ2) is 5.72. The highest BCUT2D eigenvalue weighted by Crippen LogP contribution is 2.35. The maximum absolute atomic E-state index is 11.6. The number of carbonyl (C=O) groups is 1. The van der Waals surface area contributed by atoms with Crippen LogP contribution in [-0.2, 0) is 10.3 Å². The fourth-order valence-electron chi connectivity index (χ4n) is 2.85. The van der Waals surface area contributed by atoms with E-state index in [0.717, 1.165) is 22.3 Å². The quantitative estimate of drug-likeness (QED) is 0.913. The summed E-state index contributed by atoms with van der Waals surface area (Å²) in [5.74, 6) is -0.941. The molecule has 0 aliphatic carbocycles. The number of carboxylic acids is 1. The van der Waals surface area contributed by atoms with Crippen molar-refractivity contribution < 1.29 is 9.90 Å². The first kappa shape index (κ1) is 15.0. The van der Waals surface area contributed by atoms with E-state index in [0.29, 0.717) is 0 Å². The van der Waals surface area contributed by atoms with Gasteiger partial charge >= 0.3 is 5.97 Å². The van der Waals surface area contributed by atoms with E-state index in [9.17, 15) is 9.90 Å². The molecule has 3 rings (SSSR count). The lowest BCUT2D eigenvalue weighted by molar-refractivity contribution is -0.132. The van der Waals surface area contributed by atoms with Crippen LogP contribution >= 0.6 is 0 Å². The monoisotopic (exact) mass is 306 g/mol. The van der Waals surface area contributed by atoms with E-state index in [1.165, 1.54) is 0 Å². The number of carboxylic acid groups (broad SMARTS) is 1. The van der Waals surface area contributed by atoms with E-state index in [-0.39, 0.29) is 5.57 Å². The molecule has 1 aromatic carbocycles. The largest absolute Gasteiger partial charge is 0.478 e. The summed E-state index contributed by atoms with van der Waals surface area (Å²) < 4.78 is 0. The summed E-state index contributed by atoms with van der Waals surface area (Å²) in [6.07, 6.45) is 7.04. The minimum Gasteiger partial charge on any atom is -0.478 e. The highest BCUT2D eigenvalue weighted by molar-refractivity contribution is 6.06. The number of rotatable bonds is 3. The fourth-order valence-corrected chi connectivity index (χ4v) is 2.85. The number of hydrogen-bond donors (Lipinski definition) is 2. The molecule has 1 aliphatic heterocycles. The van der Waals surface area contributed by atoms with Crippen molar-refractivity contribution in [3.63, 3.8) is 0 Å². The zero-order chi connectivity index (χ0) is 16.4. The van der Waals surface area contributed by atoms with Gasteiger partial charge in [-0.05, 0) is 54.3 Å². The van der Waals surface area contributed by atoms with Gasteiger partial charge < -0.3 is 10.4 Å². The lowest BCUT2D eigenvalue weighted by atomic mass is 9.83. The molecule has 0 radical (unpaired) electrons. The van der Waals surface area contributed by atoms with Crippen molar-refractivity contribution in [2.24, 2.45) is 0 Å². The van der Waals surface area contributed by atoms with Crippen LogP contribution in [0.3, 0.4) is 0 Å². The van der Waals surface area contributed by atoms with Gasteiger partial charge in [-0.1, -0.05) is 24.3 Å². The average molecular weight is 306 g/mol. The maximum atomic E-state index is 11.6. The number of aliphatic carboxylic acids is 1. The predicted octanol–water partition coefficient (Wildman–Crippen LogP) is 3.26. The highest BCUT2D eigenvalue weighted by Gasteiger charge is 2.30. The summed E-state index contributed by atoms with van der Waals surface area (Å²) in [5, 5.41) is 12.8. The third-order valence-corrected chi connectivity index (χ3v) is 4.19. The first-order valence-corrected chi connectivity index (χ1v) is 7.42. The van der Waals surface area contributed by atoms with Crippen LogP contribution in [0.15, 0.2) is 66.6 Å². The molecule has 1 aliphatic rings. The lowest BCUT2D eigenvalue weighted by Crippen LogP contribution is -2.37. The van der Waals surface area contributed by atoms with Crippen LogP contribution in [0.5, 0.6) is 0 Å². The van der Waals surface area contributed by atoms with Crippen LogP contribution < -0.4 is 5.32 Å². The number of aryl methyl sites for hydroxylation is 1. The Labute approximate surface area is 135 Å². The van der Waals surface area contributed by atoms with E-state index in [4.69, 9.17) is 0 Å². The molecule has 0 saturated heterocycles. The van der Waals surface area contributed by atoms with E-state index in [1.54, 1.807) is 18.6 Å². The topological polar surface area (TPSA) is 62.2 Å². The van der Waals surface area contributed by atoms with E-state index in [2.05, 4.69) is 10.3 Å². The van der Waals surface area contributed by atoms with Crippen LogP contribution in [0.25, 0.3) is 5.57 Å². The van der Waals surface area contributed by atoms with E-state index in [1.807, 2.05) is 56.3 Å². The molecule has 1 atom stereocenters. The second-order valence-corrected chi connectivity index (χ2v) is 5.82. The van der Waals surface area contributed by atoms with Gasteiger partial charge in [0.15, 0.2) is 0 Å². The second-order valence-electron chi connectivity index (χ2n) is 5.82. The molecule has 0 amide bonds. The first-order chi connectivity index (χ1) is 11.0. The zero-order valence-corrected chi connectivity index (χ0v) is 13.1. The van der Waals surface area contributed by atoms with Crippen LogP contribution in [-0.4, -0.2) is 16.1 Å². The van der Waals surface area contributed by atoms with Crippen LogP contribution in [0.1, 0.15) is 23.6 Å². The molecular weight excluding hydrogens is 288 g/mol. The summed E-state index contributed by atoms with van der Waals surface area (Å²) in [6.45, 7) is 4.01.